The lowest BCUT2D eigenvalue weighted by molar-refractivity contribution is 0.0244. The molecule has 0 bridgehead atoms. The number of aliphatic hydroxyl groups is 2. The fraction of sp³-hybridized carbons (Fsp3) is 0.400. The zero-order chi connectivity index (χ0) is 12.1. The predicted octanol–water partition coefficient (Wildman–Crippen LogP) is 2.46. The summed E-state index contributed by atoms with van der Waals surface area (Å²) in [6, 6.07) is 5.28. The molecular weight excluding hydrogens is 274 g/mol. The van der Waals surface area contributed by atoms with Crippen molar-refractivity contribution in [3.8, 4) is 0 Å². The number of rotatable bonds is 4. The van der Waals surface area contributed by atoms with E-state index in [1.54, 1.807) is 18.2 Å². The molecule has 0 radical (unpaired) electrons. The van der Waals surface area contributed by atoms with Gasteiger partial charge in [-0.3, -0.25) is 0 Å². The largest absolute Gasteiger partial charge is 0.390 e. The second kappa shape index (κ2) is 5.86. The maximum Gasteiger partial charge on any atom is 0.105 e. The average Bonchev–Trinajstić information content (AvgIpc) is 2.28. The molecule has 0 amide bonds. The summed E-state index contributed by atoms with van der Waals surface area (Å²) in [4.78, 5) is 2.53. The van der Waals surface area contributed by atoms with Crippen LogP contribution in [0.15, 0.2) is 27.8 Å². The molecule has 1 rings (SSSR count). The van der Waals surface area contributed by atoms with Gasteiger partial charge in [0.25, 0.3) is 0 Å². The Morgan fingerprint density at radius 2 is 2.19 bits per heavy atom. The molecule has 0 aromatic heterocycles. The third-order valence-electron chi connectivity index (χ3n) is 2.22. The lowest BCUT2D eigenvalue weighted by Crippen LogP contribution is -2.21. The Kier molecular flexibility index (Phi) is 4.76. The highest BCUT2D eigenvalue weighted by Crippen LogP contribution is 2.23. The van der Waals surface area contributed by atoms with Gasteiger partial charge < -0.3 is 10.2 Å². The third-order valence-corrected chi connectivity index (χ3v) is 3.11. The van der Waals surface area contributed by atoms with Crippen molar-refractivity contribution in [1.82, 2.24) is 0 Å². The van der Waals surface area contributed by atoms with Crippen molar-refractivity contribution in [2.45, 2.75) is 19.1 Å². The number of benzene rings is 1. The van der Waals surface area contributed by atoms with Gasteiger partial charge in [0, 0.05) is 9.38 Å². The van der Waals surface area contributed by atoms with Crippen molar-refractivity contribution in [2.24, 2.45) is 5.11 Å². The van der Waals surface area contributed by atoms with Crippen molar-refractivity contribution >= 4 is 15.9 Å². The topological polar surface area (TPSA) is 89.2 Å². The highest BCUT2D eigenvalue weighted by atomic mass is 79.9. The van der Waals surface area contributed by atoms with E-state index in [4.69, 9.17) is 5.53 Å². The van der Waals surface area contributed by atoms with E-state index >= 15 is 0 Å². The maximum atomic E-state index is 9.78. The van der Waals surface area contributed by atoms with Crippen LogP contribution < -0.4 is 0 Å². The van der Waals surface area contributed by atoms with Gasteiger partial charge in [-0.1, -0.05) is 33.2 Å². The summed E-state index contributed by atoms with van der Waals surface area (Å²) < 4.78 is 0.938. The molecule has 0 aliphatic rings. The van der Waals surface area contributed by atoms with Crippen molar-refractivity contribution in [1.29, 1.82) is 0 Å². The Morgan fingerprint density at radius 1 is 1.50 bits per heavy atom. The zero-order valence-corrected chi connectivity index (χ0v) is 10.3. The van der Waals surface area contributed by atoms with Crippen LogP contribution in [0.4, 0.5) is 0 Å². The van der Waals surface area contributed by atoms with Crippen molar-refractivity contribution in [2.75, 3.05) is 6.54 Å². The molecule has 16 heavy (non-hydrogen) atoms. The first kappa shape index (κ1) is 13.0. The molecule has 0 spiro atoms. The van der Waals surface area contributed by atoms with E-state index < -0.39 is 12.2 Å². The van der Waals surface area contributed by atoms with Crippen molar-refractivity contribution in [3.05, 3.63) is 44.2 Å². The minimum Gasteiger partial charge on any atom is -0.390 e. The van der Waals surface area contributed by atoms with E-state index in [-0.39, 0.29) is 6.54 Å². The zero-order valence-electron chi connectivity index (χ0n) is 8.71. The first-order valence-corrected chi connectivity index (χ1v) is 5.48. The minimum atomic E-state index is -1.09. The molecule has 0 aliphatic carbocycles. The van der Waals surface area contributed by atoms with Crippen LogP contribution >= 0.6 is 15.9 Å². The second-order valence-corrected chi connectivity index (χ2v) is 4.29. The SMILES string of the molecule is Cc1cc(C(O)C(O)CN=[N+]=[N-])ccc1Br. The summed E-state index contributed by atoms with van der Waals surface area (Å²) in [7, 11) is 0. The number of halogens is 1. The molecule has 6 heteroatoms. The first-order valence-electron chi connectivity index (χ1n) is 4.69. The van der Waals surface area contributed by atoms with Gasteiger partial charge in [0.15, 0.2) is 0 Å². The number of nitrogens with zero attached hydrogens (tertiary/aromatic N) is 3. The van der Waals surface area contributed by atoms with Crippen molar-refractivity contribution in [3.63, 3.8) is 0 Å². The summed E-state index contributed by atoms with van der Waals surface area (Å²) in [5.74, 6) is 0. The normalized spacial score (nSPS) is 14.0. The van der Waals surface area contributed by atoms with E-state index in [9.17, 15) is 10.2 Å². The van der Waals surface area contributed by atoms with Gasteiger partial charge in [0.1, 0.15) is 6.10 Å². The molecule has 0 saturated heterocycles. The Balaban J connectivity index is 2.82. The molecule has 0 saturated carbocycles. The van der Waals surface area contributed by atoms with E-state index in [2.05, 4.69) is 26.0 Å². The van der Waals surface area contributed by atoms with Crippen LogP contribution in [0.2, 0.25) is 0 Å². The van der Waals surface area contributed by atoms with E-state index in [0.29, 0.717) is 5.56 Å². The predicted molar refractivity (Wildman–Crippen MR) is 63.9 cm³/mol. The molecule has 2 unspecified atom stereocenters. The summed E-state index contributed by atoms with van der Waals surface area (Å²) in [6.45, 7) is 1.74. The Morgan fingerprint density at radius 3 is 2.75 bits per heavy atom. The van der Waals surface area contributed by atoms with Gasteiger partial charge in [0.05, 0.1) is 12.6 Å². The molecule has 0 fully saturated rings. The van der Waals surface area contributed by atoms with Crippen LogP contribution in [0.5, 0.6) is 0 Å². The second-order valence-electron chi connectivity index (χ2n) is 3.43. The number of azide groups is 1. The third kappa shape index (κ3) is 3.21. The van der Waals surface area contributed by atoms with Gasteiger partial charge in [-0.15, -0.1) is 0 Å². The van der Waals surface area contributed by atoms with Crippen LogP contribution in [-0.2, 0) is 0 Å². The van der Waals surface area contributed by atoms with Crippen LogP contribution in [0.25, 0.3) is 10.4 Å². The fourth-order valence-corrected chi connectivity index (χ4v) is 1.54. The van der Waals surface area contributed by atoms with Gasteiger partial charge in [-0.05, 0) is 29.6 Å². The lowest BCUT2D eigenvalue weighted by atomic mass is 10.0. The monoisotopic (exact) mass is 285 g/mol. The highest BCUT2D eigenvalue weighted by molar-refractivity contribution is 9.10. The summed E-state index contributed by atoms with van der Waals surface area (Å²) >= 11 is 3.35. The van der Waals surface area contributed by atoms with Gasteiger partial charge >= 0.3 is 0 Å². The summed E-state index contributed by atoms with van der Waals surface area (Å²) in [5, 5.41) is 22.5. The molecule has 1 aromatic carbocycles. The minimum absolute atomic E-state index is 0.146. The average molecular weight is 286 g/mol. The fourth-order valence-electron chi connectivity index (χ4n) is 1.29. The molecular formula is C10H12BrN3O2. The first-order chi connectivity index (χ1) is 7.56. The smallest absolute Gasteiger partial charge is 0.105 e. The number of hydrogen-bond acceptors (Lipinski definition) is 3. The maximum absolute atomic E-state index is 9.78. The van der Waals surface area contributed by atoms with E-state index in [1.807, 2.05) is 6.92 Å². The molecule has 2 N–H and O–H groups in total. The molecule has 0 aliphatic heterocycles. The Bertz CT molecular complexity index is 419. The van der Waals surface area contributed by atoms with Crippen LogP contribution in [0.3, 0.4) is 0 Å². The standard InChI is InChI=1S/C10H12BrN3O2/c1-6-4-7(2-3-8(6)11)10(16)9(15)5-13-14-12/h2-4,9-10,15-16H,5H2,1H3. The number of aliphatic hydroxyl groups excluding tert-OH is 2. The van der Waals surface area contributed by atoms with Crippen LogP contribution in [0.1, 0.15) is 17.2 Å². The lowest BCUT2D eigenvalue weighted by Gasteiger charge is -2.16. The van der Waals surface area contributed by atoms with Crippen molar-refractivity contribution < 1.29 is 10.2 Å². The summed E-state index contributed by atoms with van der Waals surface area (Å²) in [6.07, 6.45) is -2.13. The highest BCUT2D eigenvalue weighted by Gasteiger charge is 2.17. The van der Waals surface area contributed by atoms with Crippen LogP contribution in [0, 0.1) is 6.92 Å². The molecule has 2 atom stereocenters. The summed E-state index contributed by atoms with van der Waals surface area (Å²) in [5.41, 5.74) is 9.67. The van der Waals surface area contributed by atoms with E-state index in [1.165, 1.54) is 0 Å². The molecule has 86 valence electrons. The van der Waals surface area contributed by atoms with Gasteiger partial charge in [0.2, 0.25) is 0 Å². The van der Waals surface area contributed by atoms with E-state index in [0.717, 1.165) is 10.0 Å². The molecule has 5 nitrogen and oxygen atoms in total. The Hall–Kier alpha value is -1.07. The quantitative estimate of drug-likeness (QED) is 0.505. The molecule has 0 heterocycles. The van der Waals surface area contributed by atoms with Gasteiger partial charge in [-0.2, -0.15) is 0 Å². The number of hydrogen-bond donors (Lipinski definition) is 2. The van der Waals surface area contributed by atoms with Crippen LogP contribution in [-0.4, -0.2) is 22.9 Å². The van der Waals surface area contributed by atoms with Gasteiger partial charge in [-0.25, -0.2) is 0 Å². The Labute approximate surface area is 101 Å². The molecule has 1 aromatic rings. The number of aryl methyl sites for hydroxylation is 1.